The Morgan fingerprint density at radius 1 is 1.46 bits per heavy atom. The van der Waals surface area contributed by atoms with Crippen LogP contribution in [0.15, 0.2) is 18.2 Å². The van der Waals surface area contributed by atoms with Crippen LogP contribution >= 0.6 is 0 Å². The highest BCUT2D eigenvalue weighted by Gasteiger charge is 1.98. The van der Waals surface area contributed by atoms with Crippen LogP contribution in [0.25, 0.3) is 0 Å². The molecule has 0 aliphatic carbocycles. The average Bonchev–Trinajstić information content (AvgIpc) is 2.13. The smallest absolute Gasteiger partial charge is 0.127 e. The molecule has 1 aromatic carbocycles. The van der Waals surface area contributed by atoms with Crippen LogP contribution in [-0.2, 0) is 0 Å². The summed E-state index contributed by atoms with van der Waals surface area (Å²) in [6.45, 7) is 1.74. The Morgan fingerprint density at radius 3 is 2.92 bits per heavy atom. The maximum absolute atomic E-state index is 13.0. The lowest BCUT2D eigenvalue weighted by Crippen LogP contribution is -1.87. The van der Waals surface area contributed by atoms with Crippen molar-refractivity contribution in [2.45, 2.75) is 13.3 Å². The van der Waals surface area contributed by atoms with E-state index in [4.69, 9.17) is 5.11 Å². The summed E-state index contributed by atoms with van der Waals surface area (Å²) in [6.07, 6.45) is 0.427. The van der Waals surface area contributed by atoms with Gasteiger partial charge in [-0.25, -0.2) is 4.39 Å². The highest BCUT2D eigenvalue weighted by molar-refractivity contribution is 5.41. The number of hydrogen-bond donors (Lipinski definition) is 1. The topological polar surface area (TPSA) is 20.2 Å². The van der Waals surface area contributed by atoms with Crippen molar-refractivity contribution in [3.05, 3.63) is 35.1 Å². The standard InChI is InChI=1S/C11H11FO/c1-9-10(5-2-3-8-13)6-4-7-11(9)12/h4,6-7,13H,3,8H2,1H3. The van der Waals surface area contributed by atoms with Crippen molar-refractivity contribution in [1.29, 1.82) is 0 Å². The molecule has 0 amide bonds. The zero-order valence-electron chi connectivity index (χ0n) is 7.47. The van der Waals surface area contributed by atoms with E-state index in [9.17, 15) is 4.39 Å². The molecule has 68 valence electrons. The highest BCUT2D eigenvalue weighted by Crippen LogP contribution is 2.10. The molecular formula is C11H11FO. The molecule has 0 aliphatic rings. The summed E-state index contributed by atoms with van der Waals surface area (Å²) in [5.41, 5.74) is 1.25. The van der Waals surface area contributed by atoms with Crippen molar-refractivity contribution >= 4 is 0 Å². The van der Waals surface area contributed by atoms with E-state index in [-0.39, 0.29) is 12.4 Å². The first-order valence-corrected chi connectivity index (χ1v) is 4.10. The largest absolute Gasteiger partial charge is 0.395 e. The second-order valence-electron chi connectivity index (χ2n) is 2.69. The average molecular weight is 178 g/mol. The number of hydrogen-bond acceptors (Lipinski definition) is 1. The predicted octanol–water partition coefficient (Wildman–Crippen LogP) is 1.87. The van der Waals surface area contributed by atoms with Gasteiger partial charge in [-0.2, -0.15) is 0 Å². The third-order valence-electron chi connectivity index (χ3n) is 1.73. The zero-order chi connectivity index (χ0) is 9.68. The number of aliphatic hydroxyl groups excluding tert-OH is 1. The molecule has 13 heavy (non-hydrogen) atoms. The van der Waals surface area contributed by atoms with Crippen LogP contribution < -0.4 is 0 Å². The summed E-state index contributed by atoms with van der Waals surface area (Å²) < 4.78 is 13.0. The Morgan fingerprint density at radius 2 is 2.23 bits per heavy atom. The molecule has 0 atom stereocenters. The van der Waals surface area contributed by atoms with E-state index in [1.807, 2.05) is 0 Å². The van der Waals surface area contributed by atoms with Crippen LogP contribution in [0.1, 0.15) is 17.5 Å². The molecule has 1 nitrogen and oxygen atoms in total. The molecule has 1 rings (SSSR count). The first-order chi connectivity index (χ1) is 6.25. The quantitative estimate of drug-likeness (QED) is 0.651. The lowest BCUT2D eigenvalue weighted by molar-refractivity contribution is 0.305. The molecule has 0 unspecified atom stereocenters. The Hall–Kier alpha value is -1.33. The molecule has 0 saturated carbocycles. The van der Waals surface area contributed by atoms with Gasteiger partial charge in [-0.1, -0.05) is 17.9 Å². The SMILES string of the molecule is Cc1c(F)cccc1C#CCCO. The lowest BCUT2D eigenvalue weighted by Gasteiger charge is -1.97. The minimum absolute atomic E-state index is 0.0430. The monoisotopic (exact) mass is 178 g/mol. The van der Waals surface area contributed by atoms with Crippen LogP contribution in [0.4, 0.5) is 4.39 Å². The molecule has 0 fully saturated rings. The summed E-state index contributed by atoms with van der Waals surface area (Å²) in [6, 6.07) is 4.81. The predicted molar refractivity (Wildman–Crippen MR) is 49.7 cm³/mol. The van der Waals surface area contributed by atoms with Gasteiger partial charge in [0.1, 0.15) is 5.82 Å². The molecule has 0 saturated heterocycles. The van der Waals surface area contributed by atoms with E-state index >= 15 is 0 Å². The van der Waals surface area contributed by atoms with Gasteiger partial charge < -0.3 is 5.11 Å². The van der Waals surface area contributed by atoms with Gasteiger partial charge in [0.25, 0.3) is 0 Å². The van der Waals surface area contributed by atoms with Crippen molar-refractivity contribution in [1.82, 2.24) is 0 Å². The molecule has 2 heteroatoms. The Balaban J connectivity index is 2.91. The third-order valence-corrected chi connectivity index (χ3v) is 1.73. The minimum Gasteiger partial charge on any atom is -0.395 e. The third kappa shape index (κ3) is 2.57. The van der Waals surface area contributed by atoms with Crippen LogP contribution in [0.2, 0.25) is 0 Å². The van der Waals surface area contributed by atoms with Crippen molar-refractivity contribution < 1.29 is 9.50 Å². The van der Waals surface area contributed by atoms with E-state index in [2.05, 4.69) is 11.8 Å². The Kier molecular flexibility index (Phi) is 3.48. The van der Waals surface area contributed by atoms with Gasteiger partial charge in [-0.15, -0.1) is 0 Å². The molecule has 0 aliphatic heterocycles. The van der Waals surface area contributed by atoms with Gasteiger partial charge in [0, 0.05) is 17.5 Å². The number of rotatable bonds is 1. The van der Waals surface area contributed by atoms with E-state index in [0.717, 1.165) is 0 Å². The molecule has 0 bridgehead atoms. The summed E-state index contributed by atoms with van der Waals surface area (Å²) >= 11 is 0. The summed E-state index contributed by atoms with van der Waals surface area (Å²) in [4.78, 5) is 0. The van der Waals surface area contributed by atoms with Crippen LogP contribution in [0.3, 0.4) is 0 Å². The molecule has 0 aromatic heterocycles. The van der Waals surface area contributed by atoms with Crippen molar-refractivity contribution in [2.75, 3.05) is 6.61 Å². The van der Waals surface area contributed by atoms with E-state index < -0.39 is 0 Å². The van der Waals surface area contributed by atoms with Gasteiger partial charge in [-0.05, 0) is 19.1 Å². The minimum atomic E-state index is -0.240. The van der Waals surface area contributed by atoms with Crippen LogP contribution in [0.5, 0.6) is 0 Å². The van der Waals surface area contributed by atoms with Gasteiger partial charge in [-0.3, -0.25) is 0 Å². The van der Waals surface area contributed by atoms with Gasteiger partial charge >= 0.3 is 0 Å². The first kappa shape index (κ1) is 9.76. The highest BCUT2D eigenvalue weighted by atomic mass is 19.1. The van der Waals surface area contributed by atoms with Gasteiger partial charge in [0.15, 0.2) is 0 Å². The number of aliphatic hydroxyl groups is 1. The Labute approximate surface area is 77.2 Å². The molecule has 0 spiro atoms. The summed E-state index contributed by atoms with van der Waals surface area (Å²) in [7, 11) is 0. The van der Waals surface area contributed by atoms with Crippen molar-refractivity contribution in [2.24, 2.45) is 0 Å². The fourth-order valence-electron chi connectivity index (χ4n) is 0.957. The summed E-state index contributed by atoms with van der Waals surface area (Å²) in [5.74, 6) is 5.32. The molecule has 0 radical (unpaired) electrons. The molecular weight excluding hydrogens is 167 g/mol. The maximum Gasteiger partial charge on any atom is 0.127 e. The van der Waals surface area contributed by atoms with Gasteiger partial charge in [0.05, 0.1) is 6.61 Å². The van der Waals surface area contributed by atoms with Crippen LogP contribution in [-0.4, -0.2) is 11.7 Å². The number of halogens is 1. The summed E-state index contributed by atoms with van der Waals surface area (Å²) in [5, 5.41) is 8.49. The van der Waals surface area contributed by atoms with E-state index in [1.54, 1.807) is 19.1 Å². The van der Waals surface area contributed by atoms with Crippen LogP contribution in [0, 0.1) is 24.6 Å². The Bertz CT molecular complexity index is 347. The fraction of sp³-hybridized carbons (Fsp3) is 0.273. The molecule has 1 aromatic rings. The molecule has 0 heterocycles. The van der Waals surface area contributed by atoms with E-state index in [1.165, 1.54) is 6.07 Å². The second-order valence-corrected chi connectivity index (χ2v) is 2.69. The first-order valence-electron chi connectivity index (χ1n) is 4.10. The normalized spacial score (nSPS) is 9.15. The second kappa shape index (κ2) is 4.64. The van der Waals surface area contributed by atoms with Crippen molar-refractivity contribution in [3.63, 3.8) is 0 Å². The zero-order valence-corrected chi connectivity index (χ0v) is 7.47. The fourth-order valence-corrected chi connectivity index (χ4v) is 0.957. The van der Waals surface area contributed by atoms with Crippen molar-refractivity contribution in [3.8, 4) is 11.8 Å². The van der Waals surface area contributed by atoms with E-state index in [0.29, 0.717) is 17.5 Å². The van der Waals surface area contributed by atoms with Gasteiger partial charge in [0.2, 0.25) is 0 Å². The number of benzene rings is 1. The molecule has 1 N–H and O–H groups in total. The maximum atomic E-state index is 13.0. The lowest BCUT2D eigenvalue weighted by atomic mass is 10.1.